The normalized spacial score (nSPS) is 18.8. The lowest BCUT2D eigenvalue weighted by Gasteiger charge is -2.39. The molecule has 2 aliphatic rings. The van der Waals surface area contributed by atoms with Crippen LogP contribution < -0.4 is 5.32 Å². The zero-order chi connectivity index (χ0) is 21.9. The number of aliphatic hydroxyl groups is 1. The summed E-state index contributed by atoms with van der Waals surface area (Å²) in [5.41, 5.74) is 3.62. The number of carbonyl (C=O) groups is 1. The van der Waals surface area contributed by atoms with E-state index in [9.17, 15) is 13.6 Å². The van der Waals surface area contributed by atoms with Crippen molar-refractivity contribution in [2.45, 2.75) is 43.1 Å². The zero-order valence-electron chi connectivity index (χ0n) is 17.3. The zero-order valence-corrected chi connectivity index (χ0v) is 17.3. The molecule has 1 fully saturated rings. The molecule has 0 radical (unpaired) electrons. The molecular formula is C24H27F2NO4. The predicted octanol–water partition coefficient (Wildman–Crippen LogP) is 4.48. The maximum atomic E-state index is 13.6. The molecule has 7 heteroatoms. The van der Waals surface area contributed by atoms with E-state index in [1.54, 1.807) is 0 Å². The van der Waals surface area contributed by atoms with Crippen LogP contribution in [0.3, 0.4) is 0 Å². The van der Waals surface area contributed by atoms with Gasteiger partial charge in [0.25, 0.3) is 0 Å². The molecule has 0 spiro atoms. The molecule has 1 saturated carbocycles. The Balaban J connectivity index is 1.37. The molecule has 2 N–H and O–H groups in total. The van der Waals surface area contributed by atoms with Crippen LogP contribution in [0.1, 0.15) is 42.7 Å². The van der Waals surface area contributed by atoms with Crippen molar-refractivity contribution in [3.63, 3.8) is 0 Å². The van der Waals surface area contributed by atoms with Crippen molar-refractivity contribution >= 4 is 6.09 Å². The number of halogens is 2. The number of hydrogen-bond donors (Lipinski definition) is 2. The summed E-state index contributed by atoms with van der Waals surface area (Å²) in [6.07, 6.45) is -0.978. The summed E-state index contributed by atoms with van der Waals surface area (Å²) in [5, 5.41) is 11.8. The molecule has 0 atom stereocenters. The van der Waals surface area contributed by atoms with Crippen LogP contribution in [0.5, 0.6) is 0 Å². The summed E-state index contributed by atoms with van der Waals surface area (Å²) in [6, 6.07) is 16.1. The molecule has 0 aliphatic heterocycles. The molecule has 0 heterocycles. The van der Waals surface area contributed by atoms with E-state index in [2.05, 4.69) is 17.4 Å². The summed E-state index contributed by atoms with van der Waals surface area (Å²) in [5.74, 6) is -2.76. The van der Waals surface area contributed by atoms with E-state index in [1.807, 2.05) is 36.4 Å². The van der Waals surface area contributed by atoms with E-state index in [1.165, 1.54) is 0 Å². The minimum Gasteiger partial charge on any atom is -0.449 e. The standard InChI is InChI=1S/C24H27F2NO4/c25-24(26)11-9-23(10-12-24,31-14-13-28)16-27-22(29)30-15-21-19-7-3-1-5-17(19)18-6-2-4-8-20(18)21/h1-8,21,28H,9-16H2,(H,27,29). The molecule has 0 bridgehead atoms. The van der Waals surface area contributed by atoms with Gasteiger partial charge in [-0.15, -0.1) is 0 Å². The molecule has 5 nitrogen and oxygen atoms in total. The Hall–Kier alpha value is -2.51. The first kappa shape index (κ1) is 21.7. The number of carbonyl (C=O) groups excluding carboxylic acids is 1. The van der Waals surface area contributed by atoms with Crippen LogP contribution in [0.25, 0.3) is 11.1 Å². The number of rotatable bonds is 7. The SMILES string of the molecule is O=C(NCC1(OCCO)CCC(F)(F)CC1)OCC1c2ccccc2-c2ccccc21. The van der Waals surface area contributed by atoms with Crippen molar-refractivity contribution in [1.29, 1.82) is 0 Å². The second-order valence-electron chi connectivity index (χ2n) is 8.29. The Kier molecular flexibility index (Phi) is 6.25. The molecule has 0 unspecified atom stereocenters. The number of benzene rings is 2. The van der Waals surface area contributed by atoms with Crippen molar-refractivity contribution in [3.8, 4) is 11.1 Å². The van der Waals surface area contributed by atoms with Crippen LogP contribution in [0, 0.1) is 0 Å². The molecule has 2 aliphatic carbocycles. The number of alkyl carbamates (subject to hydrolysis) is 1. The fraction of sp³-hybridized carbons (Fsp3) is 0.458. The van der Waals surface area contributed by atoms with Crippen molar-refractivity contribution in [3.05, 3.63) is 59.7 Å². The van der Waals surface area contributed by atoms with Crippen molar-refractivity contribution < 1.29 is 28.2 Å². The van der Waals surface area contributed by atoms with Gasteiger partial charge in [0.15, 0.2) is 0 Å². The van der Waals surface area contributed by atoms with Gasteiger partial charge in [0, 0.05) is 25.3 Å². The third-order valence-electron chi connectivity index (χ3n) is 6.29. The van der Waals surface area contributed by atoms with E-state index >= 15 is 0 Å². The fourth-order valence-electron chi connectivity index (χ4n) is 4.59. The average molecular weight is 431 g/mol. The van der Waals surface area contributed by atoms with Crippen LogP contribution in [0.15, 0.2) is 48.5 Å². The lowest BCUT2D eigenvalue weighted by molar-refractivity contribution is -0.134. The average Bonchev–Trinajstić information content (AvgIpc) is 3.10. The van der Waals surface area contributed by atoms with Gasteiger partial charge >= 0.3 is 6.09 Å². The Labute approximate surface area is 180 Å². The smallest absolute Gasteiger partial charge is 0.407 e. The molecule has 31 heavy (non-hydrogen) atoms. The Morgan fingerprint density at radius 1 is 1.00 bits per heavy atom. The first-order chi connectivity index (χ1) is 14.9. The highest BCUT2D eigenvalue weighted by Crippen LogP contribution is 2.44. The number of alkyl halides is 2. The molecule has 2 aromatic carbocycles. The maximum Gasteiger partial charge on any atom is 0.407 e. The van der Waals surface area contributed by atoms with E-state index in [-0.39, 0.29) is 58.0 Å². The van der Waals surface area contributed by atoms with Gasteiger partial charge in [-0.1, -0.05) is 48.5 Å². The topological polar surface area (TPSA) is 67.8 Å². The third-order valence-corrected chi connectivity index (χ3v) is 6.29. The summed E-state index contributed by atoms with van der Waals surface area (Å²) in [4.78, 5) is 12.4. The van der Waals surface area contributed by atoms with E-state index < -0.39 is 17.6 Å². The maximum absolute atomic E-state index is 13.6. The quantitative estimate of drug-likeness (QED) is 0.678. The van der Waals surface area contributed by atoms with Gasteiger partial charge in [-0.05, 0) is 35.1 Å². The second kappa shape index (κ2) is 8.93. The van der Waals surface area contributed by atoms with Crippen molar-refractivity contribution in [1.82, 2.24) is 5.32 Å². The summed E-state index contributed by atoms with van der Waals surface area (Å²) >= 11 is 0. The molecule has 166 valence electrons. The van der Waals surface area contributed by atoms with Crippen molar-refractivity contribution in [2.24, 2.45) is 0 Å². The van der Waals surface area contributed by atoms with Gasteiger partial charge in [0.2, 0.25) is 5.92 Å². The minimum atomic E-state index is -2.71. The van der Waals surface area contributed by atoms with Crippen LogP contribution in [0.4, 0.5) is 13.6 Å². The van der Waals surface area contributed by atoms with Crippen LogP contribution >= 0.6 is 0 Å². The molecule has 0 saturated heterocycles. The highest BCUT2D eigenvalue weighted by atomic mass is 19.3. The van der Waals surface area contributed by atoms with Crippen LogP contribution in [0.2, 0.25) is 0 Å². The third kappa shape index (κ3) is 4.72. The lowest BCUT2D eigenvalue weighted by atomic mass is 9.82. The molecular weight excluding hydrogens is 404 g/mol. The highest BCUT2D eigenvalue weighted by Gasteiger charge is 2.44. The Bertz CT molecular complexity index is 878. The monoisotopic (exact) mass is 431 g/mol. The first-order valence-corrected chi connectivity index (χ1v) is 10.6. The fourth-order valence-corrected chi connectivity index (χ4v) is 4.59. The van der Waals surface area contributed by atoms with Crippen LogP contribution in [-0.2, 0) is 9.47 Å². The highest BCUT2D eigenvalue weighted by molar-refractivity contribution is 5.79. The Morgan fingerprint density at radius 3 is 2.16 bits per heavy atom. The molecule has 2 aromatic rings. The van der Waals surface area contributed by atoms with E-state index in [0.29, 0.717) is 0 Å². The van der Waals surface area contributed by atoms with Gasteiger partial charge in [-0.25, -0.2) is 13.6 Å². The number of hydrogen-bond acceptors (Lipinski definition) is 4. The van der Waals surface area contributed by atoms with E-state index in [0.717, 1.165) is 22.3 Å². The number of ether oxygens (including phenoxy) is 2. The number of nitrogens with one attached hydrogen (secondary N) is 1. The van der Waals surface area contributed by atoms with Crippen LogP contribution in [-0.4, -0.2) is 49.1 Å². The van der Waals surface area contributed by atoms with Crippen molar-refractivity contribution in [2.75, 3.05) is 26.4 Å². The largest absolute Gasteiger partial charge is 0.449 e. The number of fused-ring (bicyclic) bond motifs is 3. The summed E-state index contributed by atoms with van der Waals surface area (Å²) in [7, 11) is 0. The first-order valence-electron chi connectivity index (χ1n) is 10.6. The molecule has 1 amide bonds. The predicted molar refractivity (Wildman–Crippen MR) is 112 cm³/mol. The molecule has 4 rings (SSSR count). The van der Waals surface area contributed by atoms with Gasteiger partial charge in [-0.2, -0.15) is 0 Å². The van der Waals surface area contributed by atoms with Gasteiger partial charge in [0.1, 0.15) is 6.61 Å². The lowest BCUT2D eigenvalue weighted by Crippen LogP contribution is -2.50. The Morgan fingerprint density at radius 2 is 1.58 bits per heavy atom. The summed E-state index contributed by atoms with van der Waals surface area (Å²) in [6.45, 7) is 0.0865. The molecule has 0 aromatic heterocycles. The van der Waals surface area contributed by atoms with E-state index in [4.69, 9.17) is 14.6 Å². The van der Waals surface area contributed by atoms with Gasteiger partial charge < -0.3 is 19.9 Å². The minimum absolute atomic E-state index is 0.0396. The number of aliphatic hydroxyl groups excluding tert-OH is 1. The summed E-state index contributed by atoms with van der Waals surface area (Å²) < 4.78 is 38.4. The number of amides is 1. The van der Waals surface area contributed by atoms with Gasteiger partial charge in [-0.3, -0.25) is 0 Å². The second-order valence-corrected chi connectivity index (χ2v) is 8.29. The van der Waals surface area contributed by atoms with Gasteiger partial charge in [0.05, 0.1) is 18.8 Å².